The number of allylic oxidation sites excluding steroid dienone is 6. The molecule has 1 unspecified atom stereocenters. The number of pyridine rings is 1. The minimum atomic E-state index is 0.103. The highest BCUT2D eigenvalue weighted by Crippen LogP contribution is 2.39. The predicted molar refractivity (Wildman–Crippen MR) is 131 cm³/mol. The number of hydrogen-bond acceptors (Lipinski definition) is 3. The van der Waals surface area contributed by atoms with Crippen LogP contribution in [0.3, 0.4) is 0 Å². The van der Waals surface area contributed by atoms with Gasteiger partial charge in [-0.3, -0.25) is 4.98 Å². The Morgan fingerprint density at radius 1 is 1.26 bits per heavy atom. The van der Waals surface area contributed by atoms with Gasteiger partial charge in [0.05, 0.1) is 19.1 Å². The van der Waals surface area contributed by atoms with Crippen LogP contribution in [0.15, 0.2) is 55.5 Å². The van der Waals surface area contributed by atoms with Crippen LogP contribution < -0.4 is 0 Å². The van der Waals surface area contributed by atoms with Gasteiger partial charge in [-0.15, -0.1) is 6.58 Å². The van der Waals surface area contributed by atoms with E-state index in [9.17, 15) is 4.79 Å². The maximum absolute atomic E-state index is 10.8. The highest BCUT2D eigenvalue weighted by atomic mass is 16.5. The SMILES string of the molecule is C=CC(C/C=C/OC)c1ncc(C2CCC(CC)CC2)cc1C(/C=C\CC=O)=C/CC. The molecule has 0 spiro atoms. The number of ether oxygens (including phenoxy) is 1. The molecule has 1 heterocycles. The van der Waals surface area contributed by atoms with Crippen molar-refractivity contribution in [3.05, 3.63) is 72.3 Å². The number of methoxy groups -OCH3 is 1. The van der Waals surface area contributed by atoms with Gasteiger partial charge in [-0.1, -0.05) is 44.6 Å². The molecule has 0 saturated heterocycles. The number of carbonyl (C=O) groups excluding carboxylic acids is 1. The first-order valence-electron chi connectivity index (χ1n) is 11.8. The second kappa shape index (κ2) is 13.8. The maximum atomic E-state index is 10.8. The number of aromatic nitrogens is 1. The van der Waals surface area contributed by atoms with Crippen LogP contribution in [0.1, 0.15) is 93.9 Å². The molecule has 1 saturated carbocycles. The Bertz CT molecular complexity index is 782. The summed E-state index contributed by atoms with van der Waals surface area (Å²) in [7, 11) is 1.66. The Balaban J connectivity index is 2.46. The molecule has 3 heteroatoms. The van der Waals surface area contributed by atoms with Crippen molar-refractivity contribution < 1.29 is 9.53 Å². The van der Waals surface area contributed by atoms with Gasteiger partial charge in [-0.2, -0.15) is 0 Å². The van der Waals surface area contributed by atoms with Gasteiger partial charge in [0.25, 0.3) is 0 Å². The Morgan fingerprint density at radius 3 is 2.65 bits per heavy atom. The van der Waals surface area contributed by atoms with Crippen molar-refractivity contribution >= 4 is 11.9 Å². The summed E-state index contributed by atoms with van der Waals surface area (Å²) >= 11 is 0. The second-order valence-corrected chi connectivity index (χ2v) is 8.39. The topological polar surface area (TPSA) is 39.2 Å². The van der Waals surface area contributed by atoms with E-state index in [1.807, 2.05) is 18.2 Å². The third-order valence-corrected chi connectivity index (χ3v) is 6.36. The lowest BCUT2D eigenvalue weighted by molar-refractivity contribution is -0.107. The van der Waals surface area contributed by atoms with E-state index in [2.05, 4.69) is 44.8 Å². The summed E-state index contributed by atoms with van der Waals surface area (Å²) in [5.41, 5.74) is 4.68. The van der Waals surface area contributed by atoms with Gasteiger partial charge in [0.15, 0.2) is 0 Å². The zero-order valence-corrected chi connectivity index (χ0v) is 19.6. The molecule has 1 aromatic rings. The molecule has 168 valence electrons. The third kappa shape index (κ3) is 7.34. The molecular weight excluding hydrogens is 382 g/mol. The Hall–Kier alpha value is -2.42. The Morgan fingerprint density at radius 2 is 2.03 bits per heavy atom. The van der Waals surface area contributed by atoms with E-state index in [0.717, 1.165) is 41.9 Å². The normalized spacial score (nSPS) is 20.8. The molecule has 31 heavy (non-hydrogen) atoms. The highest BCUT2D eigenvalue weighted by Gasteiger charge is 2.23. The van der Waals surface area contributed by atoms with Crippen molar-refractivity contribution in [3.63, 3.8) is 0 Å². The maximum Gasteiger partial charge on any atom is 0.123 e. The average Bonchev–Trinajstić information content (AvgIpc) is 2.81. The van der Waals surface area contributed by atoms with Crippen molar-refractivity contribution in [1.29, 1.82) is 0 Å². The lowest BCUT2D eigenvalue weighted by Crippen LogP contribution is -2.14. The number of carbonyl (C=O) groups is 1. The fraction of sp³-hybridized carbons (Fsp3) is 0.500. The molecule has 0 aromatic carbocycles. The van der Waals surface area contributed by atoms with Gasteiger partial charge >= 0.3 is 0 Å². The van der Waals surface area contributed by atoms with Gasteiger partial charge in [-0.05, 0) is 73.6 Å². The van der Waals surface area contributed by atoms with Crippen LogP contribution in [0.4, 0.5) is 0 Å². The first-order valence-corrected chi connectivity index (χ1v) is 11.8. The summed E-state index contributed by atoms with van der Waals surface area (Å²) in [5.74, 6) is 1.56. The molecule has 0 amide bonds. The number of hydrogen-bond donors (Lipinski definition) is 0. The summed E-state index contributed by atoms with van der Waals surface area (Å²) in [6.07, 6.45) is 23.5. The third-order valence-electron chi connectivity index (χ3n) is 6.36. The summed E-state index contributed by atoms with van der Waals surface area (Å²) in [6.45, 7) is 8.52. The summed E-state index contributed by atoms with van der Waals surface area (Å²) in [4.78, 5) is 15.8. The van der Waals surface area contributed by atoms with Gasteiger partial charge in [0, 0.05) is 24.1 Å². The first-order chi connectivity index (χ1) is 15.2. The number of nitrogens with zero attached hydrogens (tertiary/aromatic N) is 1. The zero-order valence-electron chi connectivity index (χ0n) is 19.6. The number of rotatable bonds is 12. The number of aldehydes is 1. The van der Waals surface area contributed by atoms with Crippen LogP contribution in [-0.4, -0.2) is 18.4 Å². The van der Waals surface area contributed by atoms with E-state index in [-0.39, 0.29) is 5.92 Å². The quantitative estimate of drug-likeness (QED) is 0.152. The van der Waals surface area contributed by atoms with Crippen molar-refractivity contribution in [2.24, 2.45) is 5.92 Å². The highest BCUT2D eigenvalue weighted by molar-refractivity contribution is 5.76. The molecule has 1 aromatic heterocycles. The lowest BCUT2D eigenvalue weighted by atomic mass is 9.77. The van der Waals surface area contributed by atoms with Crippen LogP contribution >= 0.6 is 0 Å². The van der Waals surface area contributed by atoms with Gasteiger partial charge in [0.1, 0.15) is 6.29 Å². The molecule has 3 nitrogen and oxygen atoms in total. The molecule has 1 aliphatic rings. The largest absolute Gasteiger partial charge is 0.505 e. The monoisotopic (exact) mass is 421 g/mol. The van der Waals surface area contributed by atoms with Crippen molar-refractivity contribution in [1.82, 2.24) is 4.98 Å². The van der Waals surface area contributed by atoms with E-state index < -0.39 is 0 Å². The molecular formula is C28H39NO2. The molecule has 1 aliphatic carbocycles. The van der Waals surface area contributed by atoms with Crippen LogP contribution in [0.25, 0.3) is 5.57 Å². The van der Waals surface area contributed by atoms with Crippen molar-refractivity contribution in [2.75, 3.05) is 7.11 Å². The van der Waals surface area contributed by atoms with Crippen molar-refractivity contribution in [2.45, 2.75) is 77.0 Å². The van der Waals surface area contributed by atoms with E-state index in [0.29, 0.717) is 12.3 Å². The first kappa shape index (κ1) is 24.8. The molecule has 0 bridgehead atoms. The summed E-state index contributed by atoms with van der Waals surface area (Å²) in [5, 5.41) is 0. The van der Waals surface area contributed by atoms with E-state index in [1.165, 1.54) is 37.7 Å². The van der Waals surface area contributed by atoms with E-state index in [4.69, 9.17) is 9.72 Å². The minimum absolute atomic E-state index is 0.103. The van der Waals surface area contributed by atoms with E-state index >= 15 is 0 Å². The fourth-order valence-electron chi connectivity index (χ4n) is 4.50. The summed E-state index contributed by atoms with van der Waals surface area (Å²) < 4.78 is 5.08. The Labute approximate surface area is 189 Å². The summed E-state index contributed by atoms with van der Waals surface area (Å²) in [6, 6.07) is 2.35. The van der Waals surface area contributed by atoms with Gasteiger partial charge in [0.2, 0.25) is 0 Å². The smallest absolute Gasteiger partial charge is 0.123 e. The minimum Gasteiger partial charge on any atom is -0.505 e. The van der Waals surface area contributed by atoms with Gasteiger partial charge < -0.3 is 9.53 Å². The fourth-order valence-corrected chi connectivity index (χ4v) is 4.50. The standard InChI is InChI=1S/C28H39NO2/c1-5-11-25(12-8-9-18-30)27-20-26(24-16-14-22(6-2)15-17-24)21-29-28(27)23(7-3)13-10-19-31-4/h7-8,10-12,18-24H,3,5-6,9,13-17H2,1-2,4H3/b12-8-,19-10+,25-11+. The predicted octanol–water partition coefficient (Wildman–Crippen LogP) is 7.52. The molecule has 0 N–H and O–H groups in total. The molecule has 0 radical (unpaired) electrons. The van der Waals surface area contributed by atoms with Gasteiger partial charge in [-0.25, -0.2) is 0 Å². The zero-order chi connectivity index (χ0) is 22.5. The molecule has 1 atom stereocenters. The Kier molecular flexibility index (Phi) is 11.1. The van der Waals surface area contributed by atoms with Crippen molar-refractivity contribution in [3.8, 4) is 0 Å². The lowest BCUT2D eigenvalue weighted by Gasteiger charge is -2.28. The van der Waals surface area contributed by atoms with Crippen LogP contribution in [0.2, 0.25) is 0 Å². The molecule has 2 rings (SSSR count). The average molecular weight is 422 g/mol. The molecule has 1 fully saturated rings. The van der Waals surface area contributed by atoms with Crippen LogP contribution in [0.5, 0.6) is 0 Å². The van der Waals surface area contributed by atoms with Crippen LogP contribution in [-0.2, 0) is 9.53 Å². The van der Waals surface area contributed by atoms with Crippen LogP contribution in [0, 0.1) is 5.92 Å². The molecule has 0 aliphatic heterocycles. The second-order valence-electron chi connectivity index (χ2n) is 8.39. The van der Waals surface area contributed by atoms with E-state index in [1.54, 1.807) is 13.4 Å².